The number of anilines is 2. The van der Waals surface area contributed by atoms with Crippen molar-refractivity contribution in [3.05, 3.63) is 12.4 Å². The van der Waals surface area contributed by atoms with Gasteiger partial charge in [0, 0.05) is 13.1 Å². The van der Waals surface area contributed by atoms with Crippen molar-refractivity contribution in [1.82, 2.24) is 15.3 Å². The van der Waals surface area contributed by atoms with Crippen LogP contribution in [-0.4, -0.2) is 35.0 Å². The fraction of sp³-hybridized carbons (Fsp3) is 0.545. The van der Waals surface area contributed by atoms with Gasteiger partial charge in [0.25, 0.3) is 0 Å². The van der Waals surface area contributed by atoms with Crippen LogP contribution in [0.15, 0.2) is 12.4 Å². The summed E-state index contributed by atoms with van der Waals surface area (Å²) in [6.45, 7) is 1.59. The van der Waals surface area contributed by atoms with Crippen molar-refractivity contribution < 1.29 is 4.79 Å². The molecule has 1 aromatic rings. The molecule has 0 aromatic carbocycles. The number of nitrogens with two attached hydrogens (primary N) is 1. The molecule has 0 bridgehead atoms. The molecule has 2 atom stereocenters. The van der Waals surface area contributed by atoms with E-state index in [0.29, 0.717) is 18.2 Å². The number of amides is 1. The molecule has 1 amide bonds. The van der Waals surface area contributed by atoms with E-state index in [2.05, 4.69) is 20.2 Å². The zero-order chi connectivity index (χ0) is 11.8. The average Bonchev–Trinajstić information content (AvgIpc) is 2.73. The normalized spacial score (nSPS) is 27.8. The molecular weight excluding hydrogens is 218 g/mol. The van der Waals surface area contributed by atoms with Crippen LogP contribution in [0.4, 0.5) is 11.6 Å². The second kappa shape index (κ2) is 3.87. The number of carbonyl (C=O) groups is 1. The molecule has 2 fully saturated rings. The fourth-order valence-electron chi connectivity index (χ4n) is 2.68. The van der Waals surface area contributed by atoms with Gasteiger partial charge in [-0.2, -0.15) is 0 Å². The van der Waals surface area contributed by atoms with Crippen molar-refractivity contribution in [2.75, 3.05) is 23.7 Å². The Hall–Kier alpha value is -1.85. The minimum Gasteiger partial charge on any atom is -0.396 e. The molecule has 3 N–H and O–H groups in total. The lowest BCUT2D eigenvalue weighted by Crippen LogP contribution is -2.46. The van der Waals surface area contributed by atoms with E-state index in [9.17, 15) is 4.79 Å². The molecule has 2 aliphatic heterocycles. The van der Waals surface area contributed by atoms with E-state index in [0.717, 1.165) is 19.4 Å². The summed E-state index contributed by atoms with van der Waals surface area (Å²) in [4.78, 5) is 22.2. The molecule has 2 unspecified atom stereocenters. The number of hydrogen-bond donors (Lipinski definition) is 2. The topological polar surface area (TPSA) is 84.1 Å². The van der Waals surface area contributed by atoms with Crippen LogP contribution in [0.2, 0.25) is 0 Å². The first kappa shape index (κ1) is 10.3. The Morgan fingerprint density at radius 1 is 1.41 bits per heavy atom. The number of nitrogens with one attached hydrogen (secondary N) is 1. The molecule has 3 rings (SSSR count). The maximum absolute atomic E-state index is 11.6. The maximum atomic E-state index is 11.6. The fourth-order valence-corrected chi connectivity index (χ4v) is 2.68. The predicted octanol–water partition coefficient (Wildman–Crippen LogP) is -0.226. The van der Waals surface area contributed by atoms with Gasteiger partial charge in [0.2, 0.25) is 11.9 Å². The van der Waals surface area contributed by atoms with Crippen LogP contribution in [0.5, 0.6) is 0 Å². The zero-order valence-corrected chi connectivity index (χ0v) is 9.47. The summed E-state index contributed by atoms with van der Waals surface area (Å²) < 4.78 is 0. The van der Waals surface area contributed by atoms with E-state index in [-0.39, 0.29) is 17.9 Å². The van der Waals surface area contributed by atoms with Gasteiger partial charge in [-0.25, -0.2) is 9.97 Å². The Morgan fingerprint density at radius 3 is 2.94 bits per heavy atom. The molecule has 1 aromatic heterocycles. The summed E-state index contributed by atoms with van der Waals surface area (Å²) in [6.07, 6.45) is 5.18. The van der Waals surface area contributed by atoms with Gasteiger partial charge in [0.05, 0.1) is 30.0 Å². The first-order valence-electron chi connectivity index (χ1n) is 5.87. The minimum absolute atomic E-state index is 0.0879. The van der Waals surface area contributed by atoms with Crippen LogP contribution in [0, 0.1) is 5.92 Å². The van der Waals surface area contributed by atoms with Gasteiger partial charge in [-0.3, -0.25) is 4.79 Å². The summed E-state index contributed by atoms with van der Waals surface area (Å²) >= 11 is 0. The van der Waals surface area contributed by atoms with E-state index >= 15 is 0 Å². The van der Waals surface area contributed by atoms with Crippen LogP contribution < -0.4 is 16.0 Å². The van der Waals surface area contributed by atoms with Gasteiger partial charge >= 0.3 is 0 Å². The van der Waals surface area contributed by atoms with Crippen LogP contribution >= 0.6 is 0 Å². The van der Waals surface area contributed by atoms with Gasteiger partial charge in [-0.05, 0) is 12.8 Å². The van der Waals surface area contributed by atoms with E-state index < -0.39 is 0 Å². The molecule has 0 aliphatic carbocycles. The highest BCUT2D eigenvalue weighted by atomic mass is 16.2. The number of hydrogen-bond acceptors (Lipinski definition) is 5. The molecule has 0 saturated carbocycles. The average molecular weight is 233 g/mol. The van der Waals surface area contributed by atoms with Gasteiger partial charge in [-0.1, -0.05) is 0 Å². The summed E-state index contributed by atoms with van der Waals surface area (Å²) in [6, 6.07) is 0.194. The Morgan fingerprint density at radius 2 is 2.18 bits per heavy atom. The highest BCUT2D eigenvalue weighted by molar-refractivity contribution is 5.82. The molecule has 90 valence electrons. The lowest BCUT2D eigenvalue weighted by atomic mass is 9.92. The standard InChI is InChI=1S/C11H15N5O/c12-7-4-14-11(15-5-7)16-3-1-2-8-9(16)6-13-10(8)17/h4-5,8-9H,1-3,6,12H2,(H,13,17). The third-order valence-corrected chi connectivity index (χ3v) is 3.52. The second-order valence-corrected chi connectivity index (χ2v) is 4.57. The number of piperidine rings is 1. The van der Waals surface area contributed by atoms with Crippen LogP contribution in [0.1, 0.15) is 12.8 Å². The SMILES string of the molecule is Nc1cnc(N2CCCC3C(=O)NCC32)nc1. The molecule has 2 saturated heterocycles. The van der Waals surface area contributed by atoms with Crippen LogP contribution in [0.3, 0.4) is 0 Å². The molecular formula is C11H15N5O. The quantitative estimate of drug-likeness (QED) is 0.700. The Kier molecular flexibility index (Phi) is 2.35. The summed E-state index contributed by atoms with van der Waals surface area (Å²) in [5.74, 6) is 0.922. The first-order valence-corrected chi connectivity index (χ1v) is 5.87. The molecule has 2 aliphatic rings. The molecule has 0 radical (unpaired) electrons. The lowest BCUT2D eigenvalue weighted by Gasteiger charge is -2.35. The van der Waals surface area contributed by atoms with Crippen molar-refractivity contribution in [2.45, 2.75) is 18.9 Å². The van der Waals surface area contributed by atoms with Crippen molar-refractivity contribution >= 4 is 17.5 Å². The second-order valence-electron chi connectivity index (χ2n) is 4.57. The van der Waals surface area contributed by atoms with Crippen molar-refractivity contribution in [3.8, 4) is 0 Å². The number of nitrogen functional groups attached to an aromatic ring is 1. The molecule has 6 heteroatoms. The number of fused-ring (bicyclic) bond motifs is 1. The molecule has 3 heterocycles. The minimum atomic E-state index is 0.0879. The number of aromatic nitrogens is 2. The zero-order valence-electron chi connectivity index (χ0n) is 9.47. The number of nitrogens with zero attached hydrogens (tertiary/aromatic N) is 3. The maximum Gasteiger partial charge on any atom is 0.225 e. The third kappa shape index (κ3) is 1.69. The largest absolute Gasteiger partial charge is 0.396 e. The number of rotatable bonds is 1. The van der Waals surface area contributed by atoms with Gasteiger partial charge in [0.1, 0.15) is 0 Å². The molecule has 6 nitrogen and oxygen atoms in total. The Labute approximate surface area is 99.2 Å². The number of carbonyl (C=O) groups excluding carboxylic acids is 1. The lowest BCUT2D eigenvalue weighted by molar-refractivity contribution is -0.123. The van der Waals surface area contributed by atoms with Crippen LogP contribution in [0.25, 0.3) is 0 Å². The predicted molar refractivity (Wildman–Crippen MR) is 63.3 cm³/mol. The van der Waals surface area contributed by atoms with Crippen molar-refractivity contribution in [1.29, 1.82) is 0 Å². The smallest absolute Gasteiger partial charge is 0.225 e. The van der Waals surface area contributed by atoms with E-state index in [1.54, 1.807) is 12.4 Å². The van der Waals surface area contributed by atoms with E-state index in [4.69, 9.17) is 5.73 Å². The summed E-state index contributed by atoms with van der Waals surface area (Å²) in [5.41, 5.74) is 6.13. The highest BCUT2D eigenvalue weighted by Gasteiger charge is 2.41. The third-order valence-electron chi connectivity index (χ3n) is 3.52. The van der Waals surface area contributed by atoms with Crippen molar-refractivity contribution in [2.24, 2.45) is 5.92 Å². The van der Waals surface area contributed by atoms with Gasteiger partial charge < -0.3 is 16.0 Å². The monoisotopic (exact) mass is 233 g/mol. The van der Waals surface area contributed by atoms with Crippen molar-refractivity contribution in [3.63, 3.8) is 0 Å². The van der Waals surface area contributed by atoms with Gasteiger partial charge in [-0.15, -0.1) is 0 Å². The van der Waals surface area contributed by atoms with E-state index in [1.807, 2.05) is 0 Å². The van der Waals surface area contributed by atoms with E-state index in [1.165, 1.54) is 0 Å². The first-order chi connectivity index (χ1) is 8.25. The Bertz CT molecular complexity index is 432. The summed E-state index contributed by atoms with van der Waals surface area (Å²) in [5, 5.41) is 2.91. The van der Waals surface area contributed by atoms with Crippen LogP contribution in [-0.2, 0) is 4.79 Å². The Balaban J connectivity index is 1.87. The van der Waals surface area contributed by atoms with Gasteiger partial charge in [0.15, 0.2) is 0 Å². The summed E-state index contributed by atoms with van der Waals surface area (Å²) in [7, 11) is 0. The highest BCUT2D eigenvalue weighted by Crippen LogP contribution is 2.29. The molecule has 0 spiro atoms. The molecule has 17 heavy (non-hydrogen) atoms.